The molecular weight excluding hydrogens is 438 g/mol. The number of hydrogen-bond acceptors (Lipinski definition) is 3. The molecule has 0 radical (unpaired) electrons. The first-order chi connectivity index (χ1) is 14.8. The molecule has 174 valence electrons. The second-order valence-corrected chi connectivity index (χ2v) is 7.83. The second kappa shape index (κ2) is 8.65. The number of likely N-dealkylation sites (N-methyl/N-ethyl adjacent to an activating group) is 1. The standard InChI is InChI=1S/C22H22F6N2O2/c1-13(19(31)29-2)30-20(16-4-3-5-18(11-16)32-22(26,27)28)12-17(20)10-14-6-8-15(9-7-14)21(23,24)25/h3-9,11,13,17,30H,10,12H2,1-2H3,(H,29,31)/t13-,17+,20?/m0/s1. The topological polar surface area (TPSA) is 50.4 Å². The lowest BCUT2D eigenvalue weighted by molar-refractivity contribution is -0.274. The predicted octanol–water partition coefficient (Wildman–Crippen LogP) is 4.79. The zero-order valence-corrected chi connectivity index (χ0v) is 17.3. The van der Waals surface area contributed by atoms with Gasteiger partial charge in [-0.1, -0.05) is 24.3 Å². The summed E-state index contributed by atoms with van der Waals surface area (Å²) in [7, 11) is 1.47. The van der Waals surface area contributed by atoms with Crippen LogP contribution in [0.15, 0.2) is 48.5 Å². The number of nitrogens with one attached hydrogen (secondary N) is 2. The third-order valence-corrected chi connectivity index (χ3v) is 5.57. The van der Waals surface area contributed by atoms with E-state index in [0.29, 0.717) is 24.0 Å². The highest BCUT2D eigenvalue weighted by molar-refractivity contribution is 5.81. The Morgan fingerprint density at radius 2 is 1.78 bits per heavy atom. The number of hydrogen-bond donors (Lipinski definition) is 2. The van der Waals surface area contributed by atoms with Crippen molar-refractivity contribution in [2.75, 3.05) is 7.05 Å². The molecule has 1 aliphatic rings. The summed E-state index contributed by atoms with van der Waals surface area (Å²) in [6, 6.07) is 9.63. The van der Waals surface area contributed by atoms with Crippen LogP contribution in [0.25, 0.3) is 0 Å². The number of rotatable bonds is 7. The molecule has 10 heteroatoms. The molecule has 2 N–H and O–H groups in total. The number of halogens is 6. The van der Waals surface area contributed by atoms with Gasteiger partial charge in [-0.05, 0) is 61.1 Å². The monoisotopic (exact) mass is 460 g/mol. The molecular formula is C22H22F6N2O2. The quantitative estimate of drug-likeness (QED) is 0.585. The fourth-order valence-corrected chi connectivity index (χ4v) is 3.94. The van der Waals surface area contributed by atoms with E-state index in [9.17, 15) is 31.1 Å². The number of ether oxygens (including phenoxy) is 1. The minimum atomic E-state index is -4.85. The summed E-state index contributed by atoms with van der Waals surface area (Å²) in [5, 5.41) is 5.71. The zero-order chi connectivity index (χ0) is 23.7. The van der Waals surface area contributed by atoms with Gasteiger partial charge in [-0.3, -0.25) is 10.1 Å². The summed E-state index contributed by atoms with van der Waals surface area (Å²) in [4.78, 5) is 12.0. The summed E-state index contributed by atoms with van der Waals surface area (Å²) in [6.07, 6.45) is -8.41. The lowest BCUT2D eigenvalue weighted by atomic mass is 9.97. The van der Waals surface area contributed by atoms with Gasteiger partial charge in [0.05, 0.1) is 11.6 Å². The van der Waals surface area contributed by atoms with Crippen molar-refractivity contribution in [2.45, 2.75) is 43.9 Å². The minimum Gasteiger partial charge on any atom is -0.406 e. The average molecular weight is 460 g/mol. The van der Waals surface area contributed by atoms with Gasteiger partial charge in [0, 0.05) is 12.6 Å². The van der Waals surface area contributed by atoms with Gasteiger partial charge in [0.15, 0.2) is 0 Å². The number of carbonyl (C=O) groups is 1. The molecule has 3 atom stereocenters. The SMILES string of the molecule is CNC(=O)[C@H](C)NC1(c2cccc(OC(F)(F)F)c2)C[C@H]1Cc1ccc(C(F)(F)F)cc1. The van der Waals surface area contributed by atoms with Crippen LogP contribution in [0, 0.1) is 5.92 Å². The van der Waals surface area contributed by atoms with Crippen molar-refractivity contribution in [1.29, 1.82) is 0 Å². The Kier molecular flexibility index (Phi) is 6.46. The Hall–Kier alpha value is -2.75. The lowest BCUT2D eigenvalue weighted by Crippen LogP contribution is -2.46. The predicted molar refractivity (Wildman–Crippen MR) is 105 cm³/mol. The van der Waals surface area contributed by atoms with Gasteiger partial charge in [-0.25, -0.2) is 0 Å². The van der Waals surface area contributed by atoms with Crippen LogP contribution >= 0.6 is 0 Å². The van der Waals surface area contributed by atoms with Crippen molar-refractivity contribution in [2.24, 2.45) is 5.92 Å². The van der Waals surface area contributed by atoms with Gasteiger partial charge in [0.1, 0.15) is 5.75 Å². The normalized spacial score (nSPS) is 21.7. The molecule has 0 bridgehead atoms. The van der Waals surface area contributed by atoms with E-state index < -0.39 is 29.7 Å². The first-order valence-electron chi connectivity index (χ1n) is 9.86. The van der Waals surface area contributed by atoms with Crippen molar-refractivity contribution < 1.29 is 35.9 Å². The van der Waals surface area contributed by atoms with Gasteiger partial charge in [-0.2, -0.15) is 13.2 Å². The van der Waals surface area contributed by atoms with Crippen LogP contribution in [0.3, 0.4) is 0 Å². The van der Waals surface area contributed by atoms with Crippen LogP contribution < -0.4 is 15.4 Å². The maximum Gasteiger partial charge on any atom is 0.573 e. The average Bonchev–Trinajstić information content (AvgIpc) is 3.38. The van der Waals surface area contributed by atoms with E-state index in [1.807, 2.05) is 0 Å². The Labute approximate surface area is 181 Å². The van der Waals surface area contributed by atoms with Gasteiger partial charge in [0.2, 0.25) is 5.91 Å². The fraction of sp³-hybridized carbons (Fsp3) is 0.409. The molecule has 0 spiro atoms. The van der Waals surface area contributed by atoms with Crippen molar-refractivity contribution in [1.82, 2.24) is 10.6 Å². The second-order valence-electron chi connectivity index (χ2n) is 7.83. The molecule has 0 saturated heterocycles. The molecule has 1 amide bonds. The van der Waals surface area contributed by atoms with Gasteiger partial charge >= 0.3 is 12.5 Å². The largest absolute Gasteiger partial charge is 0.573 e. The molecule has 0 heterocycles. The van der Waals surface area contributed by atoms with Crippen LogP contribution in [0.2, 0.25) is 0 Å². The number of benzene rings is 2. The molecule has 1 aliphatic carbocycles. The van der Waals surface area contributed by atoms with E-state index in [-0.39, 0.29) is 17.6 Å². The van der Waals surface area contributed by atoms with E-state index in [4.69, 9.17) is 0 Å². The van der Waals surface area contributed by atoms with Crippen molar-refractivity contribution in [3.63, 3.8) is 0 Å². The Balaban J connectivity index is 1.86. The molecule has 1 fully saturated rings. The minimum absolute atomic E-state index is 0.146. The van der Waals surface area contributed by atoms with E-state index in [1.54, 1.807) is 13.0 Å². The van der Waals surface area contributed by atoms with Crippen molar-refractivity contribution in [3.8, 4) is 5.75 Å². The third kappa shape index (κ3) is 5.53. The summed E-state index contributed by atoms with van der Waals surface area (Å²) in [5.74, 6) is -0.830. The highest BCUT2D eigenvalue weighted by Crippen LogP contribution is 2.54. The first-order valence-corrected chi connectivity index (χ1v) is 9.86. The molecule has 2 aromatic carbocycles. The van der Waals surface area contributed by atoms with Gasteiger partial charge in [-0.15, -0.1) is 13.2 Å². The third-order valence-electron chi connectivity index (χ3n) is 5.57. The summed E-state index contributed by atoms with van der Waals surface area (Å²) in [6.45, 7) is 1.63. The summed E-state index contributed by atoms with van der Waals surface area (Å²) < 4.78 is 80.4. The first kappa shape index (κ1) is 23.9. The Morgan fingerprint density at radius 3 is 2.34 bits per heavy atom. The van der Waals surface area contributed by atoms with Gasteiger partial charge in [0.25, 0.3) is 0 Å². The van der Waals surface area contributed by atoms with Crippen molar-refractivity contribution >= 4 is 5.91 Å². The maximum absolute atomic E-state index is 12.8. The van der Waals surface area contributed by atoms with Crippen LogP contribution in [0.5, 0.6) is 5.75 Å². The smallest absolute Gasteiger partial charge is 0.406 e. The van der Waals surface area contributed by atoms with E-state index in [0.717, 1.165) is 12.1 Å². The molecule has 4 nitrogen and oxygen atoms in total. The molecule has 32 heavy (non-hydrogen) atoms. The summed E-state index contributed by atoms with van der Waals surface area (Å²) in [5.41, 5.74) is -0.417. The number of amides is 1. The highest BCUT2D eigenvalue weighted by atomic mass is 19.4. The Morgan fingerprint density at radius 1 is 1.12 bits per heavy atom. The summed E-state index contributed by atoms with van der Waals surface area (Å²) >= 11 is 0. The molecule has 0 aliphatic heterocycles. The van der Waals surface area contributed by atoms with Crippen LogP contribution in [0.4, 0.5) is 26.3 Å². The number of carbonyl (C=O) groups excluding carboxylic acids is 1. The number of alkyl halides is 6. The van der Waals surface area contributed by atoms with Crippen LogP contribution in [-0.2, 0) is 22.9 Å². The fourth-order valence-electron chi connectivity index (χ4n) is 3.94. The maximum atomic E-state index is 12.8. The zero-order valence-electron chi connectivity index (χ0n) is 17.3. The lowest BCUT2D eigenvalue weighted by Gasteiger charge is -2.25. The molecule has 3 rings (SSSR count). The van der Waals surface area contributed by atoms with E-state index in [1.165, 1.54) is 37.4 Å². The molecule has 2 aromatic rings. The van der Waals surface area contributed by atoms with E-state index in [2.05, 4.69) is 15.4 Å². The van der Waals surface area contributed by atoms with E-state index >= 15 is 0 Å². The Bertz CT molecular complexity index is 958. The highest BCUT2D eigenvalue weighted by Gasteiger charge is 2.56. The molecule has 1 saturated carbocycles. The van der Waals surface area contributed by atoms with Crippen LogP contribution in [0.1, 0.15) is 30.0 Å². The molecule has 1 unspecified atom stereocenters. The van der Waals surface area contributed by atoms with Gasteiger partial charge < -0.3 is 10.1 Å². The van der Waals surface area contributed by atoms with Crippen LogP contribution in [-0.4, -0.2) is 25.4 Å². The van der Waals surface area contributed by atoms with Crippen molar-refractivity contribution in [3.05, 3.63) is 65.2 Å². The molecule has 0 aromatic heterocycles.